The molecular weight excluding hydrogens is 604 g/mol. The smallest absolute Gasteiger partial charge is 0.269 e. The van der Waals surface area contributed by atoms with Crippen molar-refractivity contribution in [3.63, 3.8) is 0 Å². The van der Waals surface area contributed by atoms with E-state index in [1.807, 2.05) is 0 Å². The zero-order chi connectivity index (χ0) is 33.0. The molecule has 3 aromatic rings. The molecule has 2 aromatic carbocycles. The second-order valence-electron chi connectivity index (χ2n) is 10.8. The molecule has 2 saturated heterocycles. The number of aliphatic hydroxyl groups is 7. The summed E-state index contributed by atoms with van der Waals surface area (Å²) in [6.07, 6.45) is -17.0. The van der Waals surface area contributed by atoms with Gasteiger partial charge in [0.05, 0.1) is 26.9 Å². The quantitative estimate of drug-likeness (QED) is 0.140. The van der Waals surface area contributed by atoms with E-state index in [0.717, 1.165) is 0 Å². The van der Waals surface area contributed by atoms with Crippen LogP contribution in [0.2, 0.25) is 0 Å². The monoisotopic (exact) mass is 638 g/mol. The van der Waals surface area contributed by atoms with E-state index in [0.29, 0.717) is 0 Å². The van der Waals surface area contributed by atoms with Gasteiger partial charge in [-0.1, -0.05) is 0 Å². The standard InChI is InChI=1S/C29H34O16/c1-10-17(32)21(36)23(38)28(42-10)29(27(39)22(37)18(33)15(9-30)44-29)45-26-20(35)16-13(8-14(40-2)25(41-3)19(16)34)43-24(26)11-4-6-12(31)7-5-11/h4-8,10,15,17-18,21-23,27-28,30-34,36-39H,9H2,1-3H3/t10-,15-,17-,18-,21+,22-,23-,27+,28-,29-/m0/s1. The number of hydrogen-bond donors (Lipinski definition) is 9. The van der Waals surface area contributed by atoms with Crippen LogP contribution >= 0.6 is 0 Å². The number of aromatic hydroxyl groups is 2. The Morgan fingerprint density at radius 1 is 0.867 bits per heavy atom. The minimum atomic E-state index is -2.90. The molecule has 0 spiro atoms. The highest BCUT2D eigenvalue weighted by molar-refractivity contribution is 5.91. The van der Waals surface area contributed by atoms with Crippen LogP contribution in [0, 0.1) is 0 Å². The number of phenols is 2. The van der Waals surface area contributed by atoms with Crippen LogP contribution in [-0.4, -0.2) is 128 Å². The number of benzene rings is 2. The van der Waals surface area contributed by atoms with Gasteiger partial charge in [-0.05, 0) is 31.2 Å². The van der Waals surface area contributed by atoms with E-state index in [4.69, 9.17) is 28.1 Å². The molecule has 3 heterocycles. The third kappa shape index (κ3) is 5.23. The average molecular weight is 639 g/mol. The highest BCUT2D eigenvalue weighted by Crippen LogP contribution is 2.46. The third-order valence-corrected chi connectivity index (χ3v) is 8.08. The number of aliphatic hydroxyl groups excluding tert-OH is 7. The van der Waals surface area contributed by atoms with E-state index >= 15 is 0 Å². The van der Waals surface area contributed by atoms with Crippen LogP contribution in [0.5, 0.6) is 28.7 Å². The maximum absolute atomic E-state index is 14.3. The minimum Gasteiger partial charge on any atom is -0.508 e. The van der Waals surface area contributed by atoms with Crippen molar-refractivity contribution in [2.75, 3.05) is 20.8 Å². The van der Waals surface area contributed by atoms with Crippen molar-refractivity contribution in [1.29, 1.82) is 0 Å². The zero-order valence-electron chi connectivity index (χ0n) is 24.2. The van der Waals surface area contributed by atoms with Crippen molar-refractivity contribution in [3.05, 3.63) is 40.6 Å². The molecule has 9 N–H and O–H groups in total. The summed E-state index contributed by atoms with van der Waals surface area (Å²) < 4.78 is 34.1. The van der Waals surface area contributed by atoms with Crippen LogP contribution < -0.4 is 19.6 Å². The van der Waals surface area contributed by atoms with Gasteiger partial charge >= 0.3 is 0 Å². The lowest BCUT2D eigenvalue weighted by atomic mass is 9.83. The summed E-state index contributed by atoms with van der Waals surface area (Å²) >= 11 is 0. The lowest BCUT2D eigenvalue weighted by Crippen LogP contribution is -2.76. The molecule has 2 aliphatic rings. The van der Waals surface area contributed by atoms with Gasteiger partial charge in [0.1, 0.15) is 53.3 Å². The Morgan fingerprint density at radius 3 is 2.13 bits per heavy atom. The maximum Gasteiger partial charge on any atom is 0.269 e. The first-order valence-electron chi connectivity index (χ1n) is 13.8. The highest BCUT2D eigenvalue weighted by atomic mass is 16.7. The predicted molar refractivity (Wildman–Crippen MR) is 150 cm³/mol. The van der Waals surface area contributed by atoms with Crippen molar-refractivity contribution in [2.45, 2.75) is 67.6 Å². The molecule has 0 saturated carbocycles. The van der Waals surface area contributed by atoms with Crippen molar-refractivity contribution in [3.8, 4) is 40.1 Å². The first-order valence-corrected chi connectivity index (χ1v) is 13.8. The molecule has 0 radical (unpaired) electrons. The summed E-state index contributed by atoms with van der Waals surface area (Å²) in [5, 5.41) is 95.2. The summed E-state index contributed by atoms with van der Waals surface area (Å²) in [5.41, 5.74) is -1.23. The first kappa shape index (κ1) is 32.7. The summed E-state index contributed by atoms with van der Waals surface area (Å²) in [7, 11) is 2.49. The van der Waals surface area contributed by atoms with Gasteiger partial charge in [-0.3, -0.25) is 4.79 Å². The molecule has 2 aliphatic heterocycles. The number of rotatable bonds is 7. The molecule has 2 fully saturated rings. The Labute approximate surface area is 254 Å². The number of fused-ring (bicyclic) bond motifs is 1. The van der Waals surface area contributed by atoms with Crippen LogP contribution in [-0.2, 0) is 9.47 Å². The molecule has 10 atom stereocenters. The summed E-state index contributed by atoms with van der Waals surface area (Å²) in [6, 6.07) is 6.43. The van der Waals surface area contributed by atoms with E-state index in [9.17, 15) is 50.8 Å². The van der Waals surface area contributed by atoms with Gasteiger partial charge < -0.3 is 74.1 Å². The van der Waals surface area contributed by atoms with Gasteiger partial charge in [-0.2, -0.15) is 0 Å². The van der Waals surface area contributed by atoms with Gasteiger partial charge in [0.15, 0.2) is 29.5 Å². The Morgan fingerprint density at radius 2 is 1.53 bits per heavy atom. The van der Waals surface area contributed by atoms with Crippen LogP contribution in [0.4, 0.5) is 0 Å². The summed E-state index contributed by atoms with van der Waals surface area (Å²) in [4.78, 5) is 14.3. The molecule has 45 heavy (non-hydrogen) atoms. The second-order valence-corrected chi connectivity index (χ2v) is 10.8. The lowest BCUT2D eigenvalue weighted by molar-refractivity contribution is -0.394. The molecular formula is C29H34O16. The molecule has 16 nitrogen and oxygen atoms in total. The largest absolute Gasteiger partial charge is 0.508 e. The van der Waals surface area contributed by atoms with Crippen molar-refractivity contribution < 1.29 is 74.1 Å². The van der Waals surface area contributed by atoms with Gasteiger partial charge in [0.2, 0.25) is 16.9 Å². The topological polar surface area (TPSA) is 258 Å². The highest BCUT2D eigenvalue weighted by Gasteiger charge is 2.65. The summed E-state index contributed by atoms with van der Waals surface area (Å²) in [5.74, 6) is -5.23. The Hall–Kier alpha value is -3.71. The van der Waals surface area contributed by atoms with E-state index in [-0.39, 0.29) is 34.2 Å². The minimum absolute atomic E-state index is 0.0124. The van der Waals surface area contributed by atoms with E-state index < -0.39 is 89.6 Å². The van der Waals surface area contributed by atoms with Crippen molar-refractivity contribution >= 4 is 11.0 Å². The molecule has 0 bridgehead atoms. The van der Waals surface area contributed by atoms with Gasteiger partial charge in [0.25, 0.3) is 5.79 Å². The molecule has 16 heteroatoms. The average Bonchev–Trinajstić information content (AvgIpc) is 3.03. The fraction of sp³-hybridized carbons (Fsp3) is 0.483. The molecule has 0 amide bonds. The van der Waals surface area contributed by atoms with Crippen molar-refractivity contribution in [2.24, 2.45) is 0 Å². The predicted octanol–water partition coefficient (Wildman–Crippen LogP) is -1.69. The van der Waals surface area contributed by atoms with Gasteiger partial charge in [0, 0.05) is 11.6 Å². The normalized spacial score (nSPS) is 33.6. The van der Waals surface area contributed by atoms with E-state index in [1.54, 1.807) is 0 Å². The Kier molecular flexibility index (Phi) is 8.89. The number of methoxy groups -OCH3 is 2. The first-order chi connectivity index (χ1) is 21.3. The van der Waals surface area contributed by atoms with Crippen molar-refractivity contribution in [1.82, 2.24) is 0 Å². The second kappa shape index (κ2) is 12.2. The number of hydrogen-bond acceptors (Lipinski definition) is 16. The maximum atomic E-state index is 14.3. The van der Waals surface area contributed by atoms with E-state index in [2.05, 4.69) is 0 Å². The third-order valence-electron chi connectivity index (χ3n) is 8.08. The molecule has 0 unspecified atom stereocenters. The molecule has 246 valence electrons. The molecule has 0 aliphatic carbocycles. The number of ether oxygens (including phenoxy) is 5. The fourth-order valence-electron chi connectivity index (χ4n) is 5.61. The SMILES string of the molecule is COc1cc2oc(-c3ccc(O)cc3)c(O[C@@]3([C@H]4O[C@@H](C)[C@H](O)[C@@H](O)[C@@H]4O)O[C@@H](CO)[C@H](O)[C@H](O)[C@H]3O)c(=O)c2c(O)c1OC. The van der Waals surface area contributed by atoms with Crippen LogP contribution in [0.3, 0.4) is 0 Å². The van der Waals surface area contributed by atoms with Crippen LogP contribution in [0.25, 0.3) is 22.3 Å². The Balaban J connectivity index is 1.83. The lowest BCUT2D eigenvalue weighted by Gasteiger charge is -2.54. The fourth-order valence-corrected chi connectivity index (χ4v) is 5.61. The van der Waals surface area contributed by atoms with Gasteiger partial charge in [-0.15, -0.1) is 0 Å². The summed E-state index contributed by atoms with van der Waals surface area (Å²) in [6.45, 7) is 0.350. The van der Waals surface area contributed by atoms with E-state index in [1.165, 1.54) is 51.5 Å². The van der Waals surface area contributed by atoms with Crippen LogP contribution in [0.15, 0.2) is 39.5 Å². The Bertz CT molecular complexity index is 1590. The zero-order valence-corrected chi connectivity index (χ0v) is 24.2. The molecule has 1 aromatic heterocycles. The van der Waals surface area contributed by atoms with Crippen LogP contribution in [0.1, 0.15) is 6.92 Å². The number of phenolic OH excluding ortho intramolecular Hbond substituents is 2. The molecule has 5 rings (SSSR count). The van der Waals surface area contributed by atoms with Gasteiger partial charge in [-0.25, -0.2) is 0 Å².